The predicted octanol–water partition coefficient (Wildman–Crippen LogP) is 1.82. The van der Waals surface area contributed by atoms with Gasteiger partial charge in [-0.25, -0.2) is 4.98 Å². The van der Waals surface area contributed by atoms with Crippen molar-refractivity contribution in [3.05, 3.63) is 24.0 Å². The van der Waals surface area contributed by atoms with Crippen LogP contribution in [-0.2, 0) is 0 Å². The van der Waals surface area contributed by atoms with E-state index in [1.165, 1.54) is 25.8 Å². The highest BCUT2D eigenvalue weighted by atomic mass is 16.2. The summed E-state index contributed by atoms with van der Waals surface area (Å²) in [6.07, 6.45) is 5.56. The van der Waals surface area contributed by atoms with E-state index in [1.54, 1.807) is 6.20 Å². The monoisotopic (exact) mass is 288 g/mol. The van der Waals surface area contributed by atoms with Crippen molar-refractivity contribution in [1.29, 1.82) is 0 Å². The molecule has 3 heterocycles. The number of carbonyl (C=O) groups excluding carboxylic acids is 1. The molecule has 1 unspecified atom stereocenters. The molecule has 21 heavy (non-hydrogen) atoms. The summed E-state index contributed by atoms with van der Waals surface area (Å²) in [4.78, 5) is 21.4. The highest BCUT2D eigenvalue weighted by Gasteiger charge is 2.31. The molecule has 0 bridgehead atoms. The molecule has 0 saturated carbocycles. The summed E-state index contributed by atoms with van der Waals surface area (Å²) < 4.78 is 0. The summed E-state index contributed by atoms with van der Waals surface area (Å²) in [6, 6.07) is 4.31. The van der Waals surface area contributed by atoms with Crippen LogP contribution in [0.5, 0.6) is 0 Å². The number of aromatic nitrogens is 1. The van der Waals surface area contributed by atoms with E-state index >= 15 is 0 Å². The van der Waals surface area contributed by atoms with Crippen molar-refractivity contribution in [2.24, 2.45) is 0 Å². The summed E-state index contributed by atoms with van der Waals surface area (Å²) in [5, 5.41) is 3.20. The highest BCUT2D eigenvalue weighted by Crippen LogP contribution is 2.22. The highest BCUT2D eigenvalue weighted by molar-refractivity contribution is 5.92. The van der Waals surface area contributed by atoms with Crippen molar-refractivity contribution >= 4 is 11.6 Å². The van der Waals surface area contributed by atoms with Crippen LogP contribution < -0.4 is 5.32 Å². The van der Waals surface area contributed by atoms with Gasteiger partial charge in [0.15, 0.2) is 0 Å². The molecule has 0 radical (unpaired) electrons. The second kappa shape index (κ2) is 6.43. The summed E-state index contributed by atoms with van der Waals surface area (Å²) in [5.41, 5.74) is 1.52. The summed E-state index contributed by atoms with van der Waals surface area (Å²) in [6.45, 7) is 6.79. The van der Waals surface area contributed by atoms with E-state index in [0.29, 0.717) is 11.7 Å². The third-order valence-electron chi connectivity index (χ3n) is 4.49. The molecular formula is C16H24N4O. The number of rotatable bonds is 3. The quantitative estimate of drug-likeness (QED) is 0.922. The Kier molecular flexibility index (Phi) is 4.39. The molecule has 114 valence electrons. The van der Waals surface area contributed by atoms with E-state index in [-0.39, 0.29) is 5.91 Å². The van der Waals surface area contributed by atoms with Gasteiger partial charge in [0, 0.05) is 32.2 Å². The standard InChI is InChI=1S/C16H24N4O/c1-2-17-13-6-7-15(18-11-13)16(21)20-10-9-19-8-4-3-5-14(19)12-20/h6-7,11,14,17H,2-5,8-10,12H2,1H3. The van der Waals surface area contributed by atoms with E-state index in [9.17, 15) is 4.79 Å². The first-order valence-corrected chi connectivity index (χ1v) is 8.01. The van der Waals surface area contributed by atoms with E-state index in [0.717, 1.165) is 31.9 Å². The third kappa shape index (κ3) is 3.18. The lowest BCUT2D eigenvalue weighted by Gasteiger charge is -2.43. The zero-order chi connectivity index (χ0) is 14.7. The van der Waals surface area contributed by atoms with Crippen molar-refractivity contribution < 1.29 is 4.79 Å². The van der Waals surface area contributed by atoms with Crippen LogP contribution in [0.4, 0.5) is 5.69 Å². The molecule has 5 heteroatoms. The number of fused-ring (bicyclic) bond motifs is 1. The lowest BCUT2D eigenvalue weighted by molar-refractivity contribution is 0.0368. The molecule has 3 rings (SSSR count). The van der Waals surface area contributed by atoms with Crippen LogP contribution in [0.25, 0.3) is 0 Å². The molecule has 5 nitrogen and oxygen atoms in total. The molecule has 1 aromatic heterocycles. The number of anilines is 1. The maximum absolute atomic E-state index is 12.6. The summed E-state index contributed by atoms with van der Waals surface area (Å²) in [5.74, 6) is 0.0725. The fourth-order valence-electron chi connectivity index (χ4n) is 3.33. The third-order valence-corrected chi connectivity index (χ3v) is 4.49. The first-order valence-electron chi connectivity index (χ1n) is 8.01. The molecule has 1 aromatic rings. The lowest BCUT2D eigenvalue weighted by Crippen LogP contribution is -2.56. The minimum Gasteiger partial charge on any atom is -0.384 e. The number of nitrogens with zero attached hydrogens (tertiary/aromatic N) is 3. The van der Waals surface area contributed by atoms with Gasteiger partial charge in [0.25, 0.3) is 5.91 Å². The Labute approximate surface area is 126 Å². The smallest absolute Gasteiger partial charge is 0.272 e. The van der Waals surface area contributed by atoms with Gasteiger partial charge in [-0.1, -0.05) is 6.42 Å². The Bertz CT molecular complexity index is 488. The topological polar surface area (TPSA) is 48.5 Å². The van der Waals surface area contributed by atoms with Crippen molar-refractivity contribution in [2.45, 2.75) is 32.2 Å². The number of hydrogen-bond acceptors (Lipinski definition) is 4. The Morgan fingerprint density at radius 1 is 1.33 bits per heavy atom. The first kappa shape index (κ1) is 14.3. The fraction of sp³-hybridized carbons (Fsp3) is 0.625. The van der Waals surface area contributed by atoms with Gasteiger partial charge in [-0.05, 0) is 38.4 Å². The number of carbonyl (C=O) groups is 1. The van der Waals surface area contributed by atoms with Gasteiger partial charge in [0.2, 0.25) is 0 Å². The Hall–Kier alpha value is -1.62. The van der Waals surface area contributed by atoms with Gasteiger partial charge in [-0.2, -0.15) is 0 Å². The van der Waals surface area contributed by atoms with Crippen LogP contribution in [0.2, 0.25) is 0 Å². The van der Waals surface area contributed by atoms with Gasteiger partial charge < -0.3 is 10.2 Å². The molecule has 2 aliphatic heterocycles. The van der Waals surface area contributed by atoms with Gasteiger partial charge in [0.1, 0.15) is 5.69 Å². The van der Waals surface area contributed by atoms with E-state index in [2.05, 4.69) is 15.2 Å². The number of piperidine rings is 1. The maximum Gasteiger partial charge on any atom is 0.272 e. The van der Waals surface area contributed by atoms with Crippen LogP contribution in [0, 0.1) is 0 Å². The second-order valence-corrected chi connectivity index (χ2v) is 5.90. The molecule has 1 amide bonds. The molecular weight excluding hydrogens is 264 g/mol. The average molecular weight is 288 g/mol. The molecule has 2 saturated heterocycles. The van der Waals surface area contributed by atoms with Crippen LogP contribution in [0.3, 0.4) is 0 Å². The van der Waals surface area contributed by atoms with Gasteiger partial charge in [-0.15, -0.1) is 0 Å². The van der Waals surface area contributed by atoms with Gasteiger partial charge >= 0.3 is 0 Å². The molecule has 1 atom stereocenters. The zero-order valence-corrected chi connectivity index (χ0v) is 12.7. The van der Waals surface area contributed by atoms with E-state index in [4.69, 9.17) is 0 Å². The van der Waals surface area contributed by atoms with Crippen LogP contribution in [-0.4, -0.2) is 59.5 Å². The van der Waals surface area contributed by atoms with Crippen molar-refractivity contribution in [1.82, 2.24) is 14.8 Å². The minimum atomic E-state index is 0.0725. The number of pyridine rings is 1. The molecule has 0 aliphatic carbocycles. The van der Waals surface area contributed by atoms with Gasteiger partial charge in [0.05, 0.1) is 11.9 Å². The van der Waals surface area contributed by atoms with Crippen molar-refractivity contribution in [3.63, 3.8) is 0 Å². The summed E-state index contributed by atoms with van der Waals surface area (Å²) >= 11 is 0. The Morgan fingerprint density at radius 2 is 2.24 bits per heavy atom. The van der Waals surface area contributed by atoms with E-state index in [1.807, 2.05) is 24.0 Å². The van der Waals surface area contributed by atoms with Crippen molar-refractivity contribution in [2.75, 3.05) is 38.0 Å². The van der Waals surface area contributed by atoms with Crippen LogP contribution in [0.1, 0.15) is 36.7 Å². The molecule has 2 fully saturated rings. The number of piperazine rings is 1. The maximum atomic E-state index is 12.6. The molecule has 2 aliphatic rings. The van der Waals surface area contributed by atoms with Crippen LogP contribution >= 0.6 is 0 Å². The molecule has 1 N–H and O–H groups in total. The SMILES string of the molecule is CCNc1ccc(C(=O)N2CCN3CCCCC3C2)nc1. The van der Waals surface area contributed by atoms with Crippen LogP contribution in [0.15, 0.2) is 18.3 Å². The first-order chi connectivity index (χ1) is 10.3. The molecule has 0 aromatic carbocycles. The van der Waals surface area contributed by atoms with Crippen molar-refractivity contribution in [3.8, 4) is 0 Å². The normalized spacial score (nSPS) is 22.7. The largest absolute Gasteiger partial charge is 0.384 e. The average Bonchev–Trinajstić information content (AvgIpc) is 2.55. The Balaban J connectivity index is 1.64. The minimum absolute atomic E-state index is 0.0725. The fourth-order valence-corrected chi connectivity index (χ4v) is 3.33. The number of amides is 1. The van der Waals surface area contributed by atoms with Gasteiger partial charge in [-0.3, -0.25) is 9.69 Å². The summed E-state index contributed by atoms with van der Waals surface area (Å²) in [7, 11) is 0. The molecule has 0 spiro atoms. The Morgan fingerprint density at radius 3 is 3.00 bits per heavy atom. The van der Waals surface area contributed by atoms with E-state index < -0.39 is 0 Å². The predicted molar refractivity (Wildman–Crippen MR) is 83.5 cm³/mol. The zero-order valence-electron chi connectivity index (χ0n) is 12.7. The number of hydrogen-bond donors (Lipinski definition) is 1. The lowest BCUT2D eigenvalue weighted by atomic mass is 9.99. The second-order valence-electron chi connectivity index (χ2n) is 5.90. The number of nitrogens with one attached hydrogen (secondary N) is 1.